The van der Waals surface area contributed by atoms with Gasteiger partial charge in [0.25, 0.3) is 5.91 Å². The van der Waals surface area contributed by atoms with E-state index in [2.05, 4.69) is 5.32 Å². The molecule has 3 aliphatic rings. The summed E-state index contributed by atoms with van der Waals surface area (Å²) in [6.07, 6.45) is 0.147. The maximum atomic E-state index is 14.1. The number of anilines is 3. The summed E-state index contributed by atoms with van der Waals surface area (Å²) in [7, 11) is 6.64. The highest BCUT2D eigenvalue weighted by molar-refractivity contribution is 6.24. The highest BCUT2D eigenvalue weighted by Crippen LogP contribution is 2.54. The Balaban J connectivity index is 1.62. The molecule has 0 spiro atoms. The van der Waals surface area contributed by atoms with Crippen molar-refractivity contribution in [3.05, 3.63) is 69.1 Å². The highest BCUT2D eigenvalue weighted by Gasteiger charge is 2.64. The van der Waals surface area contributed by atoms with Crippen LogP contribution in [0.15, 0.2) is 47.2 Å². The summed E-state index contributed by atoms with van der Waals surface area (Å²) in [5, 5.41) is 68.8. The molecule has 0 aromatic heterocycles. The normalized spacial score (nSPS) is 24.6. The summed E-state index contributed by atoms with van der Waals surface area (Å²) in [5.41, 5.74) is 3.62. The Morgan fingerprint density at radius 1 is 1.11 bits per heavy atom. The molecule has 5 rings (SSSR count). The SMILES string of the molecule is CN(C)c1cc(NCc2ccc(N([O-])O)cc2)c(O)c2c1C[C@H]1C[C@H]3[C@H](N(C)C)C(=O)C(C(N)=O)=C(O)[C@@]3(O)C(=O)C1=C2O. The van der Waals surface area contributed by atoms with Crippen molar-refractivity contribution in [2.75, 3.05) is 43.6 Å². The van der Waals surface area contributed by atoms with E-state index >= 15 is 0 Å². The number of aliphatic hydroxyl groups is 3. The lowest BCUT2D eigenvalue weighted by Crippen LogP contribution is -2.65. The van der Waals surface area contributed by atoms with Gasteiger partial charge in [0.15, 0.2) is 11.4 Å². The number of rotatable bonds is 7. The van der Waals surface area contributed by atoms with E-state index in [0.717, 1.165) is 0 Å². The number of hydrogen-bond acceptors (Lipinski definition) is 13. The zero-order valence-corrected chi connectivity index (χ0v) is 24.5. The topological polar surface area (TPSA) is 223 Å². The van der Waals surface area contributed by atoms with Crippen molar-refractivity contribution in [2.24, 2.45) is 17.6 Å². The first-order valence-corrected chi connectivity index (χ1v) is 13.8. The average Bonchev–Trinajstić information content (AvgIpc) is 2.94. The largest absolute Gasteiger partial charge is 0.733 e. The minimum Gasteiger partial charge on any atom is -0.733 e. The number of aromatic hydroxyl groups is 1. The number of benzene rings is 2. The molecule has 44 heavy (non-hydrogen) atoms. The molecule has 3 aliphatic carbocycles. The third-order valence-electron chi connectivity index (χ3n) is 8.82. The van der Waals surface area contributed by atoms with Gasteiger partial charge in [-0.25, -0.2) is 0 Å². The van der Waals surface area contributed by atoms with Gasteiger partial charge in [0.05, 0.1) is 23.0 Å². The number of nitrogens with two attached hydrogens (primary N) is 1. The second-order valence-electron chi connectivity index (χ2n) is 11.8. The molecular weight excluding hydrogens is 574 g/mol. The lowest BCUT2D eigenvalue weighted by molar-refractivity contribution is -0.153. The standard InChI is InChI=1S/C30H34N5O9/c1-33(2)19-11-18(32-12-13-5-7-15(8-6-13)35(43)44)24(36)21-16(19)9-14-10-17-23(34(3)4)26(38)22(29(31)41)28(40)30(17,42)27(39)20(14)25(21)37/h5-8,11,14,17,23,32,36-37,40,42-43H,9-10,12H2,1-4H3,(H2,31,41)/q-1/t14-,17-,23-,30-/m0/s1. The molecule has 2 aromatic carbocycles. The molecule has 1 fully saturated rings. The van der Waals surface area contributed by atoms with Crippen molar-refractivity contribution in [2.45, 2.75) is 31.0 Å². The van der Waals surface area contributed by atoms with Crippen LogP contribution < -0.4 is 21.2 Å². The highest BCUT2D eigenvalue weighted by atomic mass is 16.8. The lowest BCUT2D eigenvalue weighted by atomic mass is 9.57. The summed E-state index contributed by atoms with van der Waals surface area (Å²) >= 11 is 0. The Morgan fingerprint density at radius 3 is 2.30 bits per heavy atom. The third-order valence-corrected chi connectivity index (χ3v) is 8.82. The van der Waals surface area contributed by atoms with E-state index in [1.54, 1.807) is 51.3 Å². The first kappa shape index (κ1) is 30.8. The van der Waals surface area contributed by atoms with Crippen LogP contribution in [-0.2, 0) is 27.3 Å². The fraction of sp³-hybridized carbons (Fsp3) is 0.367. The maximum absolute atomic E-state index is 14.1. The van der Waals surface area contributed by atoms with Crippen LogP contribution in [0.2, 0.25) is 0 Å². The summed E-state index contributed by atoms with van der Waals surface area (Å²) < 4.78 is 0. The number of nitrogens with one attached hydrogen (secondary N) is 1. The zero-order chi connectivity index (χ0) is 32.4. The number of Topliss-reactive ketones (excluding diaryl/α,β-unsaturated/α-hetero) is 2. The number of nitrogens with zero attached hydrogens (tertiary/aromatic N) is 3. The molecule has 0 radical (unpaired) electrons. The maximum Gasteiger partial charge on any atom is 0.255 e. The van der Waals surface area contributed by atoms with Gasteiger partial charge in [-0.2, -0.15) is 0 Å². The number of fused-ring (bicyclic) bond motifs is 3. The van der Waals surface area contributed by atoms with E-state index in [-0.39, 0.29) is 52.9 Å². The van der Waals surface area contributed by atoms with Gasteiger partial charge >= 0.3 is 0 Å². The first-order chi connectivity index (χ1) is 20.6. The van der Waals surface area contributed by atoms with Gasteiger partial charge in [-0.05, 0) is 62.2 Å². The van der Waals surface area contributed by atoms with Crippen LogP contribution in [0, 0.1) is 17.0 Å². The molecule has 0 aliphatic heterocycles. The lowest BCUT2D eigenvalue weighted by Gasteiger charge is -2.50. The summed E-state index contributed by atoms with van der Waals surface area (Å²) in [4.78, 5) is 42.8. The van der Waals surface area contributed by atoms with E-state index in [0.29, 0.717) is 16.8 Å². The zero-order valence-electron chi connectivity index (χ0n) is 24.5. The fourth-order valence-electron chi connectivity index (χ4n) is 6.76. The number of amides is 1. The molecule has 0 heterocycles. The minimum atomic E-state index is -2.72. The number of primary amides is 1. The van der Waals surface area contributed by atoms with Crippen molar-refractivity contribution < 1.29 is 40.0 Å². The number of ketones is 2. The molecule has 0 saturated heterocycles. The second-order valence-corrected chi connectivity index (χ2v) is 11.8. The van der Waals surface area contributed by atoms with Crippen LogP contribution in [0.5, 0.6) is 5.75 Å². The van der Waals surface area contributed by atoms with Crippen LogP contribution in [0.4, 0.5) is 17.1 Å². The molecular formula is C30H34N5O9-. The third kappa shape index (κ3) is 4.54. The summed E-state index contributed by atoms with van der Waals surface area (Å²) in [5.74, 6) is -7.15. The molecule has 2 aromatic rings. The van der Waals surface area contributed by atoms with Crippen LogP contribution in [0.1, 0.15) is 23.1 Å². The van der Waals surface area contributed by atoms with E-state index in [1.165, 1.54) is 17.0 Å². The van der Waals surface area contributed by atoms with Crippen molar-refractivity contribution in [3.8, 4) is 5.75 Å². The van der Waals surface area contributed by atoms with Crippen molar-refractivity contribution in [1.29, 1.82) is 0 Å². The number of phenols is 1. The van der Waals surface area contributed by atoms with Crippen molar-refractivity contribution in [1.82, 2.24) is 4.90 Å². The van der Waals surface area contributed by atoms with Gasteiger partial charge in [-0.1, -0.05) is 12.1 Å². The summed E-state index contributed by atoms with van der Waals surface area (Å²) in [6.45, 7) is 0.179. The summed E-state index contributed by atoms with van der Waals surface area (Å²) in [6, 6.07) is 6.56. The van der Waals surface area contributed by atoms with Gasteiger partial charge in [-0.15, -0.1) is 0 Å². The molecule has 0 unspecified atom stereocenters. The molecule has 1 saturated carbocycles. The Hall–Kier alpha value is -4.63. The van der Waals surface area contributed by atoms with E-state index in [1.807, 2.05) is 0 Å². The average molecular weight is 609 g/mol. The fourth-order valence-corrected chi connectivity index (χ4v) is 6.76. The predicted molar refractivity (Wildman–Crippen MR) is 160 cm³/mol. The monoisotopic (exact) mass is 608 g/mol. The Kier molecular flexibility index (Phi) is 7.58. The van der Waals surface area contributed by atoms with E-state index in [9.17, 15) is 40.0 Å². The number of phenolic OH excluding ortho intramolecular Hbond substituents is 1. The number of aliphatic hydroxyl groups excluding tert-OH is 2. The van der Waals surface area contributed by atoms with Gasteiger partial charge in [0, 0.05) is 37.8 Å². The van der Waals surface area contributed by atoms with E-state index in [4.69, 9.17) is 10.9 Å². The Morgan fingerprint density at radius 2 is 1.75 bits per heavy atom. The van der Waals surface area contributed by atoms with Gasteiger partial charge in [-0.3, -0.25) is 24.5 Å². The van der Waals surface area contributed by atoms with Crippen LogP contribution in [-0.4, -0.2) is 87.8 Å². The Labute approximate surface area is 252 Å². The minimum absolute atomic E-state index is 0.00990. The quantitative estimate of drug-likeness (QED) is 0.134. The van der Waals surface area contributed by atoms with Crippen molar-refractivity contribution >= 4 is 40.3 Å². The van der Waals surface area contributed by atoms with Crippen molar-refractivity contribution in [3.63, 3.8) is 0 Å². The van der Waals surface area contributed by atoms with Gasteiger partial charge in [0.1, 0.15) is 22.8 Å². The van der Waals surface area contributed by atoms with E-state index < -0.39 is 58.0 Å². The molecule has 1 amide bonds. The molecule has 8 N–H and O–H groups in total. The number of hydrogen-bond donors (Lipinski definition) is 7. The molecule has 234 valence electrons. The van der Waals surface area contributed by atoms with Crippen LogP contribution in [0.25, 0.3) is 5.76 Å². The number of carbonyl (C=O) groups is 3. The van der Waals surface area contributed by atoms with Gasteiger partial charge < -0.3 is 46.8 Å². The molecule has 14 heteroatoms. The van der Waals surface area contributed by atoms with Crippen LogP contribution >= 0.6 is 0 Å². The smallest absolute Gasteiger partial charge is 0.255 e. The predicted octanol–water partition coefficient (Wildman–Crippen LogP) is 1.34. The molecule has 0 bridgehead atoms. The molecule has 4 atom stereocenters. The van der Waals surface area contributed by atoms with Gasteiger partial charge in [0.2, 0.25) is 5.78 Å². The first-order valence-electron chi connectivity index (χ1n) is 13.8. The number of likely N-dealkylation sites (N-methyl/N-ethyl adjacent to an activating group) is 1. The van der Waals surface area contributed by atoms with Crippen LogP contribution in [0.3, 0.4) is 0 Å². The molecule has 14 nitrogen and oxygen atoms in total. The number of carbonyl (C=O) groups excluding carboxylic acids is 3. The second kappa shape index (κ2) is 10.8. The Bertz CT molecular complexity index is 1630.